The van der Waals surface area contributed by atoms with Crippen LogP contribution >= 0.6 is 0 Å². The lowest BCUT2D eigenvalue weighted by Gasteiger charge is -2.41. The van der Waals surface area contributed by atoms with Gasteiger partial charge in [-0.05, 0) is 49.9 Å². The molecule has 1 unspecified atom stereocenters. The Bertz CT molecular complexity index is 400. The first-order valence-electron chi connectivity index (χ1n) is 10.2. The molecule has 0 N–H and O–H groups in total. The van der Waals surface area contributed by atoms with E-state index in [4.69, 9.17) is 4.74 Å². The highest BCUT2D eigenvalue weighted by Crippen LogP contribution is 2.43. The molecule has 1 rings (SSSR count). The number of carbonyl (C=O) groups is 1. The van der Waals surface area contributed by atoms with E-state index in [1.54, 1.807) is 0 Å². The fraction of sp³-hybridized carbons (Fsp3) is 0.955. The Morgan fingerprint density at radius 3 is 1.96 bits per heavy atom. The molecule has 0 heterocycles. The molecule has 142 valence electrons. The monoisotopic (exact) mass is 338 g/mol. The largest absolute Gasteiger partial charge is 0.459 e. The van der Waals surface area contributed by atoms with E-state index in [2.05, 4.69) is 55.4 Å². The first kappa shape index (κ1) is 21.5. The first-order valence-corrected chi connectivity index (χ1v) is 10.2. The predicted molar refractivity (Wildman–Crippen MR) is 103 cm³/mol. The molecule has 1 fully saturated rings. The van der Waals surface area contributed by atoms with Gasteiger partial charge in [0.1, 0.15) is 5.60 Å². The van der Waals surface area contributed by atoms with Gasteiger partial charge >= 0.3 is 5.97 Å². The van der Waals surface area contributed by atoms with Crippen molar-refractivity contribution in [1.29, 1.82) is 0 Å². The Kier molecular flexibility index (Phi) is 7.38. The summed E-state index contributed by atoms with van der Waals surface area (Å²) in [5.41, 5.74) is -0.187. The molecule has 2 heteroatoms. The maximum atomic E-state index is 13.2. The summed E-state index contributed by atoms with van der Waals surface area (Å²) >= 11 is 0. The van der Waals surface area contributed by atoms with Crippen molar-refractivity contribution in [3.63, 3.8) is 0 Å². The van der Waals surface area contributed by atoms with E-state index in [1.165, 1.54) is 32.1 Å². The van der Waals surface area contributed by atoms with Crippen LogP contribution in [-0.2, 0) is 9.53 Å². The molecule has 1 atom stereocenters. The highest BCUT2D eigenvalue weighted by Gasteiger charge is 2.42. The zero-order valence-corrected chi connectivity index (χ0v) is 17.6. The second kappa shape index (κ2) is 8.23. The van der Waals surface area contributed by atoms with Crippen LogP contribution < -0.4 is 0 Å². The lowest BCUT2D eigenvalue weighted by Crippen LogP contribution is -2.43. The molecule has 1 aliphatic carbocycles. The molecule has 0 aromatic carbocycles. The summed E-state index contributed by atoms with van der Waals surface area (Å²) in [5, 5.41) is 0. The Morgan fingerprint density at radius 2 is 1.50 bits per heavy atom. The topological polar surface area (TPSA) is 26.3 Å². The lowest BCUT2D eigenvalue weighted by molar-refractivity contribution is -0.174. The highest BCUT2D eigenvalue weighted by molar-refractivity contribution is 5.74. The van der Waals surface area contributed by atoms with Crippen LogP contribution in [0.25, 0.3) is 0 Å². The van der Waals surface area contributed by atoms with E-state index >= 15 is 0 Å². The Morgan fingerprint density at radius 1 is 0.958 bits per heavy atom. The van der Waals surface area contributed by atoms with Gasteiger partial charge in [0.05, 0.1) is 5.92 Å². The highest BCUT2D eigenvalue weighted by atomic mass is 16.6. The van der Waals surface area contributed by atoms with Crippen molar-refractivity contribution in [3.05, 3.63) is 0 Å². The van der Waals surface area contributed by atoms with Gasteiger partial charge in [0.15, 0.2) is 0 Å². The molecule has 0 aromatic rings. The van der Waals surface area contributed by atoms with E-state index < -0.39 is 0 Å². The summed E-state index contributed by atoms with van der Waals surface area (Å²) in [6, 6.07) is 0. The van der Waals surface area contributed by atoms with Gasteiger partial charge in [0, 0.05) is 0 Å². The van der Waals surface area contributed by atoms with Crippen molar-refractivity contribution >= 4 is 5.97 Å². The van der Waals surface area contributed by atoms with E-state index in [-0.39, 0.29) is 28.3 Å². The van der Waals surface area contributed by atoms with Crippen molar-refractivity contribution < 1.29 is 9.53 Å². The van der Waals surface area contributed by atoms with Crippen molar-refractivity contribution in [2.24, 2.45) is 22.7 Å². The molecular formula is C22H42O2. The van der Waals surface area contributed by atoms with E-state index in [1.807, 2.05) is 0 Å². The molecule has 0 aliphatic heterocycles. The molecule has 24 heavy (non-hydrogen) atoms. The van der Waals surface area contributed by atoms with Crippen LogP contribution in [0, 0.1) is 22.7 Å². The van der Waals surface area contributed by atoms with Gasteiger partial charge in [0.2, 0.25) is 0 Å². The average molecular weight is 339 g/mol. The third kappa shape index (κ3) is 5.77. The second-order valence-corrected chi connectivity index (χ2v) is 9.98. The zero-order valence-electron chi connectivity index (χ0n) is 17.6. The van der Waals surface area contributed by atoms with Crippen LogP contribution in [0.3, 0.4) is 0 Å². The van der Waals surface area contributed by atoms with Gasteiger partial charge in [-0.25, -0.2) is 0 Å². The summed E-state index contributed by atoms with van der Waals surface area (Å²) in [6.07, 6.45) is 9.27. The predicted octanol–water partition coefficient (Wildman–Crippen LogP) is 6.77. The molecule has 0 radical (unpaired) electrons. The first-order chi connectivity index (χ1) is 10.9. The normalized spacial score (nSPS) is 19.2. The number of hydrogen-bond acceptors (Lipinski definition) is 2. The van der Waals surface area contributed by atoms with Crippen LogP contribution in [-0.4, -0.2) is 11.6 Å². The van der Waals surface area contributed by atoms with Crippen LogP contribution in [0.15, 0.2) is 0 Å². The molecule has 0 spiro atoms. The minimum absolute atomic E-state index is 0.0217. The minimum atomic E-state index is -0.337. The molecule has 0 bridgehead atoms. The Balaban J connectivity index is 2.90. The van der Waals surface area contributed by atoms with Crippen LogP contribution in [0.2, 0.25) is 0 Å². The maximum absolute atomic E-state index is 13.2. The second-order valence-electron chi connectivity index (χ2n) is 9.98. The fourth-order valence-electron chi connectivity index (χ4n) is 3.83. The van der Waals surface area contributed by atoms with Gasteiger partial charge in [-0.2, -0.15) is 0 Å². The summed E-state index contributed by atoms with van der Waals surface area (Å²) in [7, 11) is 0. The number of hydrogen-bond donors (Lipinski definition) is 0. The molecule has 0 aromatic heterocycles. The van der Waals surface area contributed by atoms with Crippen LogP contribution in [0.5, 0.6) is 0 Å². The lowest BCUT2D eigenvalue weighted by atomic mass is 9.68. The van der Waals surface area contributed by atoms with Crippen molar-refractivity contribution in [2.45, 2.75) is 112 Å². The molecule has 1 aliphatic rings. The van der Waals surface area contributed by atoms with E-state index in [0.29, 0.717) is 5.92 Å². The number of esters is 1. The maximum Gasteiger partial charge on any atom is 0.310 e. The van der Waals surface area contributed by atoms with Crippen molar-refractivity contribution in [3.8, 4) is 0 Å². The average Bonchev–Trinajstić information content (AvgIpc) is 2.53. The van der Waals surface area contributed by atoms with Crippen LogP contribution in [0.4, 0.5) is 0 Å². The third-order valence-corrected chi connectivity index (χ3v) is 6.80. The number of rotatable bonds is 8. The summed E-state index contributed by atoms with van der Waals surface area (Å²) in [6.45, 7) is 17.6. The standard InChI is InChI=1S/C22H42O2/c1-9-20(3,4)16-18(21(5,6)10-2)19(23)24-22(7,8)17-14-12-11-13-15-17/h17-18H,9-16H2,1-8H3. The zero-order chi connectivity index (χ0) is 18.6. The van der Waals surface area contributed by atoms with Crippen molar-refractivity contribution in [1.82, 2.24) is 0 Å². The smallest absolute Gasteiger partial charge is 0.310 e. The molecular weight excluding hydrogens is 296 g/mol. The quantitative estimate of drug-likeness (QED) is 0.457. The van der Waals surface area contributed by atoms with Crippen LogP contribution in [0.1, 0.15) is 107 Å². The van der Waals surface area contributed by atoms with E-state index in [0.717, 1.165) is 19.3 Å². The van der Waals surface area contributed by atoms with Gasteiger partial charge < -0.3 is 4.74 Å². The molecule has 0 saturated heterocycles. The third-order valence-electron chi connectivity index (χ3n) is 6.80. The summed E-state index contributed by atoms with van der Waals surface area (Å²) in [5.74, 6) is 0.513. The molecule has 0 amide bonds. The molecule has 1 saturated carbocycles. The Hall–Kier alpha value is -0.530. The van der Waals surface area contributed by atoms with Gasteiger partial charge in [-0.3, -0.25) is 4.79 Å². The van der Waals surface area contributed by atoms with E-state index in [9.17, 15) is 4.79 Å². The number of carbonyl (C=O) groups excluding carboxylic acids is 1. The van der Waals surface area contributed by atoms with Crippen molar-refractivity contribution in [2.75, 3.05) is 0 Å². The summed E-state index contributed by atoms with van der Waals surface area (Å²) in [4.78, 5) is 13.2. The Labute approximate surface area is 151 Å². The SMILES string of the molecule is CCC(C)(C)CC(C(=O)OC(C)(C)C1CCCCC1)C(C)(C)CC. The van der Waals surface area contributed by atoms with Gasteiger partial charge in [-0.1, -0.05) is 73.6 Å². The minimum Gasteiger partial charge on any atom is -0.459 e. The fourth-order valence-corrected chi connectivity index (χ4v) is 3.83. The molecule has 2 nitrogen and oxygen atoms in total. The number of ether oxygens (including phenoxy) is 1. The summed E-state index contributed by atoms with van der Waals surface area (Å²) < 4.78 is 6.18. The van der Waals surface area contributed by atoms with Gasteiger partial charge in [-0.15, -0.1) is 0 Å². The van der Waals surface area contributed by atoms with Gasteiger partial charge in [0.25, 0.3) is 0 Å².